The summed E-state index contributed by atoms with van der Waals surface area (Å²) in [5, 5.41) is 9.64. The van der Waals surface area contributed by atoms with Crippen LogP contribution in [-0.2, 0) is 4.79 Å². The Labute approximate surface area is 168 Å². The summed E-state index contributed by atoms with van der Waals surface area (Å²) in [6.07, 6.45) is 5.74. The first-order chi connectivity index (χ1) is 9.74. The van der Waals surface area contributed by atoms with Crippen LogP contribution in [0.4, 0.5) is 0 Å². The van der Waals surface area contributed by atoms with Crippen molar-refractivity contribution in [2.75, 3.05) is 0 Å². The van der Waals surface area contributed by atoms with Crippen molar-refractivity contribution < 1.29 is 61.3 Å². The van der Waals surface area contributed by atoms with E-state index in [0.29, 0.717) is 0 Å². The van der Waals surface area contributed by atoms with E-state index in [1.165, 1.54) is 17.2 Å². The van der Waals surface area contributed by atoms with Crippen LogP contribution in [0.15, 0.2) is 85.0 Å². The van der Waals surface area contributed by atoms with Crippen molar-refractivity contribution in [3.8, 4) is 11.1 Å². The van der Waals surface area contributed by atoms with E-state index < -0.39 is 5.97 Å². The van der Waals surface area contributed by atoms with Gasteiger partial charge in [-0.05, 0) is 24.1 Å². The van der Waals surface area contributed by atoms with Crippen LogP contribution < -0.4 is 56.5 Å². The monoisotopic (exact) mass is 304 g/mol. The first-order valence-corrected chi connectivity index (χ1v) is 6.35. The fourth-order valence-corrected chi connectivity index (χ4v) is 1.51. The maximum Gasteiger partial charge on any atom is 1.00 e. The van der Waals surface area contributed by atoms with Gasteiger partial charge in [0.25, 0.3) is 0 Å². The van der Waals surface area contributed by atoms with E-state index in [-0.39, 0.29) is 51.4 Å². The Hall–Kier alpha value is -0.974. The molecule has 21 heavy (non-hydrogen) atoms. The topological polar surface area (TPSA) is 40.1 Å². The summed E-state index contributed by atoms with van der Waals surface area (Å²) in [7, 11) is 0. The van der Waals surface area contributed by atoms with Crippen molar-refractivity contribution in [2.45, 2.75) is 6.92 Å². The molecule has 2 rings (SSSR count). The van der Waals surface area contributed by atoms with E-state index >= 15 is 0 Å². The average Bonchev–Trinajstić information content (AvgIpc) is 2.50. The number of carboxylic acids is 1. The van der Waals surface area contributed by atoms with Crippen LogP contribution in [0.1, 0.15) is 6.92 Å². The third-order valence-electron chi connectivity index (χ3n) is 2.42. The Morgan fingerprint density at radius 2 is 1.29 bits per heavy atom. The second-order valence-corrected chi connectivity index (χ2v) is 3.94. The van der Waals surface area contributed by atoms with Gasteiger partial charge in [0.15, 0.2) is 0 Å². The number of carboxylic acid groups (broad SMARTS) is 1. The summed E-state index contributed by atoms with van der Waals surface area (Å²) in [6, 6.07) is 20.8. The molecule has 0 atom stereocenters. The maximum absolute atomic E-state index is 9.64. The van der Waals surface area contributed by atoms with Gasteiger partial charge in [0.05, 0.1) is 5.97 Å². The summed E-state index contributed by atoms with van der Waals surface area (Å²) in [4.78, 5) is 9.64. The SMILES string of the molecule is C/C=C/C=C/C(=O)[O-].[K+].c1ccc(-c2ccccc2)cc1. The molecular weight excluding hydrogens is 287 g/mol. The number of hydrogen-bond acceptors (Lipinski definition) is 2. The molecule has 0 spiro atoms. The van der Waals surface area contributed by atoms with Gasteiger partial charge in [-0.25, -0.2) is 0 Å². The van der Waals surface area contributed by atoms with E-state index in [1.54, 1.807) is 19.1 Å². The molecule has 0 saturated carbocycles. The normalized spacial score (nSPS) is 9.76. The number of benzene rings is 2. The van der Waals surface area contributed by atoms with E-state index in [4.69, 9.17) is 0 Å². The zero-order valence-corrected chi connectivity index (χ0v) is 15.5. The molecule has 0 amide bonds. The van der Waals surface area contributed by atoms with Gasteiger partial charge in [0.1, 0.15) is 0 Å². The molecule has 0 aliphatic rings. The van der Waals surface area contributed by atoms with Gasteiger partial charge in [-0.1, -0.05) is 78.9 Å². The van der Waals surface area contributed by atoms with Crippen LogP contribution in [0.25, 0.3) is 11.1 Å². The fraction of sp³-hybridized carbons (Fsp3) is 0.0556. The van der Waals surface area contributed by atoms with Crippen LogP contribution >= 0.6 is 0 Å². The third-order valence-corrected chi connectivity index (χ3v) is 2.42. The minimum atomic E-state index is -1.16. The Bertz CT molecular complexity index is 523. The molecule has 2 aromatic rings. The van der Waals surface area contributed by atoms with E-state index in [0.717, 1.165) is 6.08 Å². The zero-order chi connectivity index (χ0) is 14.6. The molecule has 0 saturated heterocycles. The molecule has 0 aromatic heterocycles. The number of hydrogen-bond donors (Lipinski definition) is 0. The third kappa shape index (κ3) is 9.55. The van der Waals surface area contributed by atoms with Crippen molar-refractivity contribution in [1.29, 1.82) is 0 Å². The first-order valence-electron chi connectivity index (χ1n) is 6.35. The first kappa shape index (κ1) is 20.0. The van der Waals surface area contributed by atoms with Crippen LogP contribution in [0.3, 0.4) is 0 Å². The summed E-state index contributed by atoms with van der Waals surface area (Å²) >= 11 is 0. The molecule has 0 unspecified atom stereocenters. The van der Waals surface area contributed by atoms with Gasteiger partial charge < -0.3 is 9.90 Å². The standard InChI is InChI=1S/C12H10.C6H8O2.K/c1-3-7-11(8-4-1)12-9-5-2-6-10-12;1-2-3-4-5-6(7)8;/h1-10H;2-5H,1H3,(H,7,8);/q;;+1/p-1/b;3-2+,5-4+;. The molecule has 3 heteroatoms. The largest absolute Gasteiger partial charge is 1.00 e. The molecule has 2 nitrogen and oxygen atoms in total. The van der Waals surface area contributed by atoms with E-state index in [1.807, 2.05) is 12.1 Å². The maximum atomic E-state index is 9.64. The predicted molar refractivity (Wildman–Crippen MR) is 80.8 cm³/mol. The Morgan fingerprint density at radius 1 is 0.857 bits per heavy atom. The Balaban J connectivity index is 0.000000397. The van der Waals surface area contributed by atoms with Gasteiger partial charge >= 0.3 is 51.4 Å². The minimum absolute atomic E-state index is 0. The number of carbonyl (C=O) groups is 1. The van der Waals surface area contributed by atoms with Gasteiger partial charge in [0.2, 0.25) is 0 Å². The van der Waals surface area contributed by atoms with Gasteiger partial charge in [-0.3, -0.25) is 0 Å². The van der Waals surface area contributed by atoms with Crippen molar-refractivity contribution in [3.05, 3.63) is 85.0 Å². The number of allylic oxidation sites excluding steroid dienone is 3. The van der Waals surface area contributed by atoms with Crippen LogP contribution in [0.5, 0.6) is 0 Å². The molecular formula is C18H17KO2. The molecule has 0 radical (unpaired) electrons. The zero-order valence-electron chi connectivity index (χ0n) is 12.4. The Morgan fingerprint density at radius 3 is 1.62 bits per heavy atom. The molecule has 0 heterocycles. The van der Waals surface area contributed by atoms with Crippen LogP contribution in [0.2, 0.25) is 0 Å². The summed E-state index contributed by atoms with van der Waals surface area (Å²) < 4.78 is 0. The number of aliphatic carboxylic acids is 1. The molecule has 0 aliphatic carbocycles. The molecule has 0 bridgehead atoms. The molecule has 0 fully saturated rings. The molecule has 0 aliphatic heterocycles. The Kier molecular flexibility index (Phi) is 12.2. The summed E-state index contributed by atoms with van der Waals surface area (Å²) in [5.74, 6) is -1.16. The van der Waals surface area contributed by atoms with Gasteiger partial charge in [0, 0.05) is 0 Å². The summed E-state index contributed by atoms with van der Waals surface area (Å²) in [6.45, 7) is 1.81. The molecule has 0 N–H and O–H groups in total. The van der Waals surface area contributed by atoms with Crippen LogP contribution in [-0.4, -0.2) is 5.97 Å². The second-order valence-electron chi connectivity index (χ2n) is 3.94. The van der Waals surface area contributed by atoms with Crippen molar-refractivity contribution in [1.82, 2.24) is 0 Å². The van der Waals surface area contributed by atoms with Crippen molar-refractivity contribution in [2.24, 2.45) is 0 Å². The van der Waals surface area contributed by atoms with Gasteiger partial charge in [-0.2, -0.15) is 0 Å². The van der Waals surface area contributed by atoms with Gasteiger partial charge in [-0.15, -0.1) is 0 Å². The predicted octanol–water partition coefficient (Wildman–Crippen LogP) is 0.226. The smallest absolute Gasteiger partial charge is 0.545 e. The minimum Gasteiger partial charge on any atom is -0.545 e. The molecule has 102 valence electrons. The number of rotatable bonds is 3. The van der Waals surface area contributed by atoms with Crippen molar-refractivity contribution >= 4 is 5.97 Å². The van der Waals surface area contributed by atoms with E-state index in [2.05, 4.69) is 48.5 Å². The number of carbonyl (C=O) groups excluding carboxylic acids is 1. The second kappa shape index (κ2) is 12.7. The quantitative estimate of drug-likeness (QED) is 0.462. The van der Waals surface area contributed by atoms with Crippen molar-refractivity contribution in [3.63, 3.8) is 0 Å². The average molecular weight is 304 g/mol. The summed E-state index contributed by atoms with van der Waals surface area (Å²) in [5.41, 5.74) is 2.55. The molecule has 2 aromatic carbocycles. The fourth-order valence-electron chi connectivity index (χ4n) is 1.51. The van der Waals surface area contributed by atoms with Crippen LogP contribution in [0, 0.1) is 0 Å². The van der Waals surface area contributed by atoms with E-state index in [9.17, 15) is 9.90 Å².